The van der Waals surface area contributed by atoms with Crippen LogP contribution in [0, 0.1) is 0 Å². The first-order valence-corrected chi connectivity index (χ1v) is 9.27. The number of nitrogens with one attached hydrogen (secondary N) is 2. The quantitative estimate of drug-likeness (QED) is 0.537. The molecule has 0 aromatic heterocycles. The van der Waals surface area contributed by atoms with Crippen LogP contribution in [0.2, 0.25) is 0 Å². The lowest BCUT2D eigenvalue weighted by Crippen LogP contribution is -2.28. The van der Waals surface area contributed by atoms with Gasteiger partial charge in [0.25, 0.3) is 0 Å². The number of hydrogen-bond donors (Lipinski definition) is 2. The van der Waals surface area contributed by atoms with E-state index in [1.54, 1.807) is 0 Å². The molecule has 1 unspecified atom stereocenters. The Bertz CT molecular complexity index is 428. The molecule has 0 saturated heterocycles. The van der Waals surface area contributed by atoms with E-state index in [-0.39, 0.29) is 5.91 Å². The minimum absolute atomic E-state index is 0.0770. The van der Waals surface area contributed by atoms with Gasteiger partial charge in [0.2, 0.25) is 5.91 Å². The van der Waals surface area contributed by atoms with E-state index >= 15 is 0 Å². The molecule has 0 heterocycles. The number of benzene rings is 1. The Labute approximate surface area is 142 Å². The molecule has 130 valence electrons. The summed E-state index contributed by atoms with van der Waals surface area (Å²) in [6.07, 6.45) is 9.29. The Morgan fingerprint density at radius 1 is 1.04 bits per heavy atom. The summed E-state index contributed by atoms with van der Waals surface area (Å²) in [7, 11) is 0. The summed E-state index contributed by atoms with van der Waals surface area (Å²) >= 11 is 0. The molecule has 3 heteroatoms. The van der Waals surface area contributed by atoms with Crippen LogP contribution < -0.4 is 10.6 Å². The largest absolute Gasteiger partial charge is 0.326 e. The van der Waals surface area contributed by atoms with Gasteiger partial charge < -0.3 is 10.6 Å². The Kier molecular flexibility index (Phi) is 10.4. The van der Waals surface area contributed by atoms with E-state index in [0.717, 1.165) is 25.1 Å². The van der Waals surface area contributed by atoms with Crippen molar-refractivity contribution < 1.29 is 4.79 Å². The van der Waals surface area contributed by atoms with Crippen molar-refractivity contribution >= 4 is 11.6 Å². The average molecular weight is 319 g/mol. The molecular weight excluding hydrogens is 284 g/mol. The zero-order chi connectivity index (χ0) is 16.9. The number of aryl methyl sites for hydroxylation is 1. The maximum absolute atomic E-state index is 11.9. The molecule has 23 heavy (non-hydrogen) atoms. The average Bonchev–Trinajstić information content (AvgIpc) is 2.56. The maximum atomic E-state index is 11.9. The number of amides is 1. The van der Waals surface area contributed by atoms with Gasteiger partial charge in [-0.15, -0.1) is 0 Å². The highest BCUT2D eigenvalue weighted by Crippen LogP contribution is 2.13. The molecule has 1 rings (SSSR count). The molecule has 0 aliphatic carbocycles. The van der Waals surface area contributed by atoms with Crippen LogP contribution in [0.3, 0.4) is 0 Å². The third kappa shape index (κ3) is 9.39. The van der Waals surface area contributed by atoms with Crippen molar-refractivity contribution in [1.82, 2.24) is 5.32 Å². The van der Waals surface area contributed by atoms with Crippen molar-refractivity contribution in [3.05, 3.63) is 29.8 Å². The van der Waals surface area contributed by atoms with Gasteiger partial charge >= 0.3 is 0 Å². The monoisotopic (exact) mass is 318 g/mol. The zero-order valence-corrected chi connectivity index (χ0v) is 15.2. The number of carbonyl (C=O) groups excluding carboxylic acids is 1. The van der Waals surface area contributed by atoms with E-state index in [4.69, 9.17) is 0 Å². The smallest absolute Gasteiger partial charge is 0.225 e. The fourth-order valence-electron chi connectivity index (χ4n) is 2.49. The molecule has 1 atom stereocenters. The second-order valence-corrected chi connectivity index (χ2v) is 6.42. The molecule has 1 amide bonds. The molecular formula is C20H34N2O. The predicted octanol–water partition coefficient (Wildman–Crippen LogP) is 4.92. The van der Waals surface area contributed by atoms with Gasteiger partial charge in [0.05, 0.1) is 0 Å². The maximum Gasteiger partial charge on any atom is 0.225 e. The number of unbranched alkanes of at least 4 members (excludes halogenated alkanes) is 4. The molecule has 0 saturated carbocycles. The van der Waals surface area contributed by atoms with Crippen LogP contribution in [0.1, 0.15) is 71.3 Å². The lowest BCUT2D eigenvalue weighted by Gasteiger charge is -2.11. The van der Waals surface area contributed by atoms with E-state index in [0.29, 0.717) is 12.5 Å². The van der Waals surface area contributed by atoms with Crippen LogP contribution in [-0.4, -0.2) is 18.5 Å². The van der Waals surface area contributed by atoms with E-state index < -0.39 is 0 Å². The predicted molar refractivity (Wildman–Crippen MR) is 99.9 cm³/mol. The third-order valence-electron chi connectivity index (χ3n) is 4.26. The van der Waals surface area contributed by atoms with Crippen molar-refractivity contribution in [3.63, 3.8) is 0 Å². The van der Waals surface area contributed by atoms with Crippen LogP contribution in [0.25, 0.3) is 0 Å². The SMILES string of the molecule is CCCCCCCc1ccc(NC(=O)CCNC(C)CC)cc1. The number of carbonyl (C=O) groups is 1. The molecule has 0 fully saturated rings. The topological polar surface area (TPSA) is 41.1 Å². The number of anilines is 1. The first-order chi connectivity index (χ1) is 11.2. The zero-order valence-electron chi connectivity index (χ0n) is 15.2. The summed E-state index contributed by atoms with van der Waals surface area (Å²) in [6.45, 7) is 7.26. The fourth-order valence-corrected chi connectivity index (χ4v) is 2.49. The van der Waals surface area contributed by atoms with Crippen LogP contribution in [0.4, 0.5) is 5.69 Å². The van der Waals surface area contributed by atoms with Gasteiger partial charge in [0.1, 0.15) is 0 Å². The van der Waals surface area contributed by atoms with Gasteiger partial charge in [-0.2, -0.15) is 0 Å². The number of hydrogen-bond acceptors (Lipinski definition) is 2. The molecule has 1 aromatic carbocycles. The summed E-state index contributed by atoms with van der Waals surface area (Å²) in [6, 6.07) is 8.77. The Hall–Kier alpha value is -1.35. The van der Waals surface area contributed by atoms with E-state index in [1.807, 2.05) is 12.1 Å². The number of rotatable bonds is 12. The second-order valence-electron chi connectivity index (χ2n) is 6.42. The van der Waals surface area contributed by atoms with Crippen molar-refractivity contribution in [1.29, 1.82) is 0 Å². The van der Waals surface area contributed by atoms with Crippen molar-refractivity contribution in [2.24, 2.45) is 0 Å². The van der Waals surface area contributed by atoms with Gasteiger partial charge in [-0.3, -0.25) is 4.79 Å². The van der Waals surface area contributed by atoms with Crippen molar-refractivity contribution in [3.8, 4) is 0 Å². The van der Waals surface area contributed by atoms with Gasteiger partial charge in [-0.1, -0.05) is 51.7 Å². The lowest BCUT2D eigenvalue weighted by atomic mass is 10.1. The molecule has 0 aliphatic heterocycles. The van der Waals surface area contributed by atoms with Crippen molar-refractivity contribution in [2.45, 2.75) is 78.2 Å². The highest BCUT2D eigenvalue weighted by molar-refractivity contribution is 5.90. The molecule has 2 N–H and O–H groups in total. The van der Waals surface area contributed by atoms with Crippen LogP contribution >= 0.6 is 0 Å². The first kappa shape index (κ1) is 19.7. The van der Waals surface area contributed by atoms with Crippen LogP contribution in [-0.2, 0) is 11.2 Å². The van der Waals surface area contributed by atoms with Crippen LogP contribution in [0.5, 0.6) is 0 Å². The fraction of sp³-hybridized carbons (Fsp3) is 0.650. The van der Waals surface area contributed by atoms with Crippen molar-refractivity contribution in [2.75, 3.05) is 11.9 Å². The molecule has 0 aliphatic rings. The normalized spacial score (nSPS) is 12.1. The van der Waals surface area contributed by atoms with Gasteiger partial charge in [0.15, 0.2) is 0 Å². The third-order valence-corrected chi connectivity index (χ3v) is 4.26. The molecule has 0 spiro atoms. The minimum atomic E-state index is 0.0770. The molecule has 1 aromatic rings. The van der Waals surface area contributed by atoms with Gasteiger partial charge in [-0.05, 0) is 43.9 Å². The lowest BCUT2D eigenvalue weighted by molar-refractivity contribution is -0.116. The highest BCUT2D eigenvalue weighted by atomic mass is 16.1. The molecule has 3 nitrogen and oxygen atoms in total. The second kappa shape index (κ2) is 12.1. The first-order valence-electron chi connectivity index (χ1n) is 9.27. The Balaban J connectivity index is 2.23. The Morgan fingerprint density at radius 3 is 2.39 bits per heavy atom. The molecule has 0 radical (unpaired) electrons. The standard InChI is InChI=1S/C20H34N2O/c1-4-6-7-8-9-10-18-11-13-19(14-12-18)22-20(23)15-16-21-17(3)5-2/h11-14,17,21H,4-10,15-16H2,1-3H3,(H,22,23). The van der Waals surface area contributed by atoms with E-state index in [1.165, 1.54) is 37.7 Å². The summed E-state index contributed by atoms with van der Waals surface area (Å²) in [5.41, 5.74) is 2.26. The van der Waals surface area contributed by atoms with E-state index in [9.17, 15) is 4.79 Å². The van der Waals surface area contributed by atoms with Crippen LogP contribution in [0.15, 0.2) is 24.3 Å². The summed E-state index contributed by atoms with van der Waals surface area (Å²) in [4.78, 5) is 11.9. The summed E-state index contributed by atoms with van der Waals surface area (Å²) < 4.78 is 0. The summed E-state index contributed by atoms with van der Waals surface area (Å²) in [5.74, 6) is 0.0770. The van der Waals surface area contributed by atoms with Gasteiger partial charge in [0, 0.05) is 24.7 Å². The van der Waals surface area contributed by atoms with Gasteiger partial charge in [-0.25, -0.2) is 0 Å². The summed E-state index contributed by atoms with van der Waals surface area (Å²) in [5, 5.41) is 6.30. The highest BCUT2D eigenvalue weighted by Gasteiger charge is 2.04. The van der Waals surface area contributed by atoms with E-state index in [2.05, 4.69) is 43.5 Å². The molecule has 0 bridgehead atoms. The Morgan fingerprint density at radius 2 is 1.74 bits per heavy atom. The minimum Gasteiger partial charge on any atom is -0.326 e.